The molecule has 1 fully saturated rings. The number of benzene rings is 1. The molecule has 170 valence electrons. The van der Waals surface area contributed by atoms with Gasteiger partial charge in [-0.15, -0.1) is 0 Å². The molecule has 7 nitrogen and oxygen atoms in total. The molecule has 0 bridgehead atoms. The first kappa shape index (κ1) is 21.5. The number of fused-ring (bicyclic) bond motifs is 1. The Balaban J connectivity index is 1.20. The number of pyridine rings is 1. The van der Waals surface area contributed by atoms with E-state index < -0.39 is 0 Å². The van der Waals surface area contributed by atoms with Crippen LogP contribution >= 0.6 is 0 Å². The second kappa shape index (κ2) is 10.0. The first-order valence-corrected chi connectivity index (χ1v) is 11.5. The molecule has 1 aliphatic rings. The molecule has 0 spiro atoms. The second-order valence-corrected chi connectivity index (χ2v) is 8.61. The topological polar surface area (TPSA) is 71.8 Å². The Kier molecular flexibility index (Phi) is 6.53. The molecule has 0 amide bonds. The molecule has 0 radical (unpaired) electrons. The summed E-state index contributed by atoms with van der Waals surface area (Å²) in [7, 11) is 0. The van der Waals surface area contributed by atoms with E-state index in [2.05, 4.69) is 29.7 Å². The summed E-state index contributed by atoms with van der Waals surface area (Å²) >= 11 is 0. The van der Waals surface area contributed by atoms with Crippen molar-refractivity contribution in [2.45, 2.75) is 25.8 Å². The van der Waals surface area contributed by atoms with Crippen molar-refractivity contribution in [3.8, 4) is 0 Å². The standard InChI is InChI=1S/C25H28FN7/c26-21-3-1-20(2-4-21)18-33-23-16-27-8-5-22(23)31-25(33)15-19-6-12-32(13-7-19)14-11-30-24-17-28-9-10-29-24/h1-5,8-10,16-17,19H,6-7,11-15,18H2,(H,29,30). The van der Waals surface area contributed by atoms with E-state index in [0.29, 0.717) is 12.5 Å². The van der Waals surface area contributed by atoms with E-state index in [0.717, 1.165) is 73.7 Å². The Morgan fingerprint density at radius 1 is 0.970 bits per heavy atom. The van der Waals surface area contributed by atoms with E-state index in [-0.39, 0.29) is 5.82 Å². The summed E-state index contributed by atoms with van der Waals surface area (Å²) in [6, 6.07) is 8.68. The number of anilines is 1. The van der Waals surface area contributed by atoms with E-state index in [1.807, 2.05) is 24.4 Å². The zero-order chi connectivity index (χ0) is 22.5. The predicted octanol–water partition coefficient (Wildman–Crippen LogP) is 3.78. The number of imidazole rings is 1. The maximum absolute atomic E-state index is 13.4. The number of nitrogens with zero attached hydrogens (tertiary/aromatic N) is 6. The average Bonchev–Trinajstić information content (AvgIpc) is 3.19. The van der Waals surface area contributed by atoms with E-state index in [4.69, 9.17) is 4.98 Å². The smallest absolute Gasteiger partial charge is 0.144 e. The Morgan fingerprint density at radius 3 is 2.58 bits per heavy atom. The first-order chi connectivity index (χ1) is 16.2. The maximum atomic E-state index is 13.4. The zero-order valence-electron chi connectivity index (χ0n) is 18.6. The van der Waals surface area contributed by atoms with E-state index in [1.165, 1.54) is 12.1 Å². The molecular formula is C25H28FN7. The molecule has 0 aliphatic carbocycles. The third kappa shape index (κ3) is 5.34. The molecule has 0 saturated carbocycles. The largest absolute Gasteiger partial charge is 0.368 e. The van der Waals surface area contributed by atoms with Gasteiger partial charge in [0.1, 0.15) is 17.5 Å². The van der Waals surface area contributed by atoms with Gasteiger partial charge in [0.05, 0.1) is 23.4 Å². The van der Waals surface area contributed by atoms with Crippen LogP contribution in [-0.4, -0.2) is 55.6 Å². The summed E-state index contributed by atoms with van der Waals surface area (Å²) in [6.07, 6.45) is 12.1. The van der Waals surface area contributed by atoms with Gasteiger partial charge in [-0.1, -0.05) is 12.1 Å². The van der Waals surface area contributed by atoms with Crippen molar-refractivity contribution >= 4 is 16.9 Å². The highest BCUT2D eigenvalue weighted by Crippen LogP contribution is 2.25. The van der Waals surface area contributed by atoms with Gasteiger partial charge in [0, 0.05) is 44.6 Å². The number of aromatic nitrogens is 5. The van der Waals surface area contributed by atoms with Crippen molar-refractivity contribution in [1.82, 2.24) is 29.4 Å². The number of nitrogens with one attached hydrogen (secondary N) is 1. The average molecular weight is 446 g/mol. The number of rotatable bonds is 8. The van der Waals surface area contributed by atoms with Crippen molar-refractivity contribution in [3.63, 3.8) is 0 Å². The number of halogens is 1. The van der Waals surface area contributed by atoms with Gasteiger partial charge in [-0.25, -0.2) is 14.4 Å². The van der Waals surface area contributed by atoms with Crippen LogP contribution in [0.15, 0.2) is 61.3 Å². The van der Waals surface area contributed by atoms with Crippen LogP contribution in [0, 0.1) is 11.7 Å². The Labute approximate surface area is 192 Å². The molecule has 1 aromatic carbocycles. The molecule has 4 aromatic rings. The van der Waals surface area contributed by atoms with E-state index >= 15 is 0 Å². The highest BCUT2D eigenvalue weighted by molar-refractivity contribution is 5.74. The molecule has 5 rings (SSSR count). The minimum atomic E-state index is -0.213. The van der Waals surface area contributed by atoms with Crippen LogP contribution in [0.25, 0.3) is 11.0 Å². The number of hydrogen-bond donors (Lipinski definition) is 1. The molecule has 8 heteroatoms. The summed E-state index contributed by atoms with van der Waals surface area (Å²) < 4.78 is 15.6. The molecule has 0 atom stereocenters. The number of hydrogen-bond acceptors (Lipinski definition) is 6. The lowest BCUT2D eigenvalue weighted by Crippen LogP contribution is -2.37. The van der Waals surface area contributed by atoms with Crippen molar-refractivity contribution < 1.29 is 4.39 Å². The van der Waals surface area contributed by atoms with Gasteiger partial charge in [-0.05, 0) is 55.6 Å². The van der Waals surface area contributed by atoms with E-state index in [9.17, 15) is 4.39 Å². The number of likely N-dealkylation sites (tertiary alicyclic amines) is 1. The van der Waals surface area contributed by atoms with Crippen LogP contribution in [0.1, 0.15) is 24.2 Å². The van der Waals surface area contributed by atoms with E-state index in [1.54, 1.807) is 24.8 Å². The molecule has 1 N–H and O–H groups in total. The summed E-state index contributed by atoms with van der Waals surface area (Å²) in [5.74, 6) is 2.30. The molecule has 33 heavy (non-hydrogen) atoms. The van der Waals surface area contributed by atoms with Crippen molar-refractivity contribution in [2.24, 2.45) is 5.92 Å². The van der Waals surface area contributed by atoms with Gasteiger partial charge in [0.2, 0.25) is 0 Å². The van der Waals surface area contributed by atoms with Gasteiger partial charge in [0.15, 0.2) is 0 Å². The lowest BCUT2D eigenvalue weighted by molar-refractivity contribution is 0.188. The second-order valence-electron chi connectivity index (χ2n) is 8.61. The summed E-state index contributed by atoms with van der Waals surface area (Å²) in [4.78, 5) is 20.1. The van der Waals surface area contributed by atoms with Crippen molar-refractivity contribution in [1.29, 1.82) is 0 Å². The Morgan fingerprint density at radius 2 is 1.79 bits per heavy atom. The number of piperidine rings is 1. The quantitative estimate of drug-likeness (QED) is 0.445. The van der Waals surface area contributed by atoms with Crippen LogP contribution in [0.2, 0.25) is 0 Å². The fourth-order valence-electron chi connectivity index (χ4n) is 4.53. The van der Waals surface area contributed by atoms with Crippen LogP contribution < -0.4 is 5.32 Å². The minimum Gasteiger partial charge on any atom is -0.368 e. The van der Waals surface area contributed by atoms with Crippen LogP contribution in [0.5, 0.6) is 0 Å². The van der Waals surface area contributed by atoms with Gasteiger partial charge >= 0.3 is 0 Å². The predicted molar refractivity (Wildman–Crippen MR) is 126 cm³/mol. The van der Waals surface area contributed by atoms with Gasteiger partial charge in [-0.3, -0.25) is 9.97 Å². The van der Waals surface area contributed by atoms with Crippen molar-refractivity contribution in [3.05, 3.63) is 78.5 Å². The highest BCUT2D eigenvalue weighted by atomic mass is 19.1. The first-order valence-electron chi connectivity index (χ1n) is 11.5. The summed E-state index contributed by atoms with van der Waals surface area (Å²) in [6.45, 7) is 4.71. The molecule has 0 unspecified atom stereocenters. The minimum absolute atomic E-state index is 0.213. The van der Waals surface area contributed by atoms with Crippen LogP contribution in [-0.2, 0) is 13.0 Å². The van der Waals surface area contributed by atoms with Crippen molar-refractivity contribution in [2.75, 3.05) is 31.5 Å². The van der Waals surface area contributed by atoms with Crippen LogP contribution in [0.3, 0.4) is 0 Å². The normalized spacial score (nSPS) is 15.2. The fourth-order valence-corrected chi connectivity index (χ4v) is 4.53. The molecule has 4 heterocycles. The van der Waals surface area contributed by atoms with Gasteiger partial charge in [-0.2, -0.15) is 0 Å². The monoisotopic (exact) mass is 445 g/mol. The fraction of sp³-hybridized carbons (Fsp3) is 0.360. The lowest BCUT2D eigenvalue weighted by Gasteiger charge is -2.32. The molecule has 1 saturated heterocycles. The molecule has 3 aromatic heterocycles. The third-order valence-electron chi connectivity index (χ3n) is 6.36. The van der Waals surface area contributed by atoms with Gasteiger partial charge in [0.25, 0.3) is 0 Å². The molecule has 1 aliphatic heterocycles. The Bertz CT molecular complexity index is 1170. The Hall–Kier alpha value is -3.39. The molecular weight excluding hydrogens is 417 g/mol. The summed E-state index contributed by atoms with van der Waals surface area (Å²) in [5, 5.41) is 3.33. The summed E-state index contributed by atoms with van der Waals surface area (Å²) in [5.41, 5.74) is 3.06. The SMILES string of the molecule is Fc1ccc(Cn2c(CC3CCN(CCNc4cnccn4)CC3)nc3ccncc32)cc1. The maximum Gasteiger partial charge on any atom is 0.144 e. The van der Waals surface area contributed by atoms with Gasteiger partial charge < -0.3 is 14.8 Å². The third-order valence-corrected chi connectivity index (χ3v) is 6.36. The van der Waals surface area contributed by atoms with Crippen LogP contribution in [0.4, 0.5) is 10.2 Å². The lowest BCUT2D eigenvalue weighted by atomic mass is 9.93. The zero-order valence-corrected chi connectivity index (χ0v) is 18.6. The highest BCUT2D eigenvalue weighted by Gasteiger charge is 2.22.